The van der Waals surface area contributed by atoms with Crippen molar-refractivity contribution in [3.05, 3.63) is 89.2 Å². The fraction of sp³-hybridized carbons (Fsp3) is 0.182. The van der Waals surface area contributed by atoms with E-state index >= 15 is 0 Å². The molecule has 3 rings (SSSR count). The summed E-state index contributed by atoms with van der Waals surface area (Å²) in [6, 6.07) is 10.7. The Morgan fingerprint density at radius 2 is 1.62 bits per heavy atom. The molecule has 0 saturated carbocycles. The summed E-state index contributed by atoms with van der Waals surface area (Å²) in [6.07, 6.45) is -7.12. The van der Waals surface area contributed by atoms with Gasteiger partial charge in [-0.3, -0.25) is 9.78 Å². The van der Waals surface area contributed by atoms with E-state index < -0.39 is 36.3 Å². The second-order valence-corrected chi connectivity index (χ2v) is 6.75. The topological polar surface area (TPSA) is 42.4 Å². The molecular formula is C22H16F6N2O2. The van der Waals surface area contributed by atoms with Gasteiger partial charge in [0, 0.05) is 18.0 Å². The van der Waals surface area contributed by atoms with Gasteiger partial charge in [-0.2, -0.15) is 13.2 Å². The molecule has 0 bridgehead atoms. The minimum Gasteiger partial charge on any atom is -0.404 e. The van der Waals surface area contributed by atoms with Crippen LogP contribution in [-0.2, 0) is 12.7 Å². The molecule has 0 aliphatic carbocycles. The first-order chi connectivity index (χ1) is 15.0. The molecule has 10 heteroatoms. The van der Waals surface area contributed by atoms with Crippen molar-refractivity contribution in [2.75, 3.05) is 4.90 Å². The smallest absolute Gasteiger partial charge is 0.404 e. The first kappa shape index (κ1) is 23.1. The average Bonchev–Trinajstić information content (AvgIpc) is 2.71. The molecule has 0 aliphatic heterocycles. The molecule has 0 unspecified atom stereocenters. The van der Waals surface area contributed by atoms with Crippen molar-refractivity contribution in [3.63, 3.8) is 0 Å². The molecule has 1 aromatic heterocycles. The zero-order valence-electron chi connectivity index (χ0n) is 16.5. The molecular weight excluding hydrogens is 438 g/mol. The van der Waals surface area contributed by atoms with Crippen LogP contribution in [0.1, 0.15) is 27.0 Å². The van der Waals surface area contributed by atoms with Gasteiger partial charge in [-0.05, 0) is 42.3 Å². The van der Waals surface area contributed by atoms with Gasteiger partial charge in [-0.25, -0.2) is 0 Å². The van der Waals surface area contributed by atoms with E-state index in [2.05, 4.69) is 9.72 Å². The van der Waals surface area contributed by atoms with E-state index in [9.17, 15) is 31.1 Å². The number of benzene rings is 2. The van der Waals surface area contributed by atoms with Crippen LogP contribution in [0.2, 0.25) is 0 Å². The van der Waals surface area contributed by atoms with Crippen molar-refractivity contribution in [1.29, 1.82) is 0 Å². The number of carbonyl (C=O) groups is 1. The zero-order valence-corrected chi connectivity index (χ0v) is 16.5. The second kappa shape index (κ2) is 8.89. The molecule has 0 aliphatic rings. The molecule has 0 N–H and O–H groups in total. The van der Waals surface area contributed by atoms with E-state index in [1.807, 2.05) is 0 Å². The summed E-state index contributed by atoms with van der Waals surface area (Å²) in [5.41, 5.74) is -1.14. The Labute approximate surface area is 179 Å². The van der Waals surface area contributed by atoms with Crippen LogP contribution in [0.15, 0.2) is 67.0 Å². The summed E-state index contributed by atoms with van der Waals surface area (Å²) in [6.45, 7) is 0.911. The Bertz CT molecular complexity index is 1110. The van der Waals surface area contributed by atoms with Crippen molar-refractivity contribution in [2.45, 2.75) is 26.0 Å². The number of aryl methyl sites for hydroxylation is 1. The van der Waals surface area contributed by atoms with Crippen molar-refractivity contribution in [2.24, 2.45) is 0 Å². The maximum Gasteiger partial charge on any atom is 0.573 e. The van der Waals surface area contributed by atoms with Crippen LogP contribution < -0.4 is 9.64 Å². The third-order valence-electron chi connectivity index (χ3n) is 4.53. The summed E-state index contributed by atoms with van der Waals surface area (Å²) >= 11 is 0. The van der Waals surface area contributed by atoms with E-state index in [-0.39, 0.29) is 16.8 Å². The number of rotatable bonds is 5. The normalized spacial score (nSPS) is 11.8. The Morgan fingerprint density at radius 1 is 0.969 bits per heavy atom. The third kappa shape index (κ3) is 5.37. The highest BCUT2D eigenvalue weighted by Crippen LogP contribution is 2.37. The number of carbonyl (C=O) groups excluding carboxylic acids is 1. The van der Waals surface area contributed by atoms with Crippen LogP contribution in [0.4, 0.5) is 32.0 Å². The van der Waals surface area contributed by atoms with E-state index in [0.717, 1.165) is 23.1 Å². The monoisotopic (exact) mass is 454 g/mol. The average molecular weight is 454 g/mol. The number of amides is 1. The van der Waals surface area contributed by atoms with Crippen molar-refractivity contribution in [1.82, 2.24) is 4.98 Å². The molecule has 0 spiro atoms. The Morgan fingerprint density at radius 3 is 2.28 bits per heavy atom. The quantitative estimate of drug-likeness (QED) is 0.434. The lowest BCUT2D eigenvalue weighted by molar-refractivity contribution is -0.274. The minimum absolute atomic E-state index is 0.0753. The molecule has 3 aromatic rings. The molecule has 2 aromatic carbocycles. The van der Waals surface area contributed by atoms with E-state index in [1.54, 1.807) is 6.92 Å². The molecule has 0 fully saturated rings. The minimum atomic E-state index is -5.07. The van der Waals surface area contributed by atoms with Gasteiger partial charge in [-0.15, -0.1) is 13.2 Å². The first-order valence-corrected chi connectivity index (χ1v) is 9.20. The number of aromatic nitrogens is 1. The van der Waals surface area contributed by atoms with Crippen LogP contribution >= 0.6 is 0 Å². The lowest BCUT2D eigenvalue weighted by atomic mass is 10.0. The number of anilines is 1. The highest BCUT2D eigenvalue weighted by molar-refractivity contribution is 6.07. The van der Waals surface area contributed by atoms with Crippen LogP contribution in [0.3, 0.4) is 0 Å². The first-order valence-electron chi connectivity index (χ1n) is 9.20. The zero-order chi connectivity index (χ0) is 23.5. The predicted octanol–water partition coefficient (Wildman–Crippen LogP) is 6.15. The summed E-state index contributed by atoms with van der Waals surface area (Å²) in [7, 11) is 0. The molecule has 4 nitrogen and oxygen atoms in total. The standard InChI is InChI=1S/C22H16F6N2O2/c1-14-12-29-11-10-16(14)20(31)30(13-15-6-2-3-7-17(15)21(23,24)25)18-8-4-5-9-19(18)32-22(26,27)28/h2-12H,13H2,1H3. The number of ether oxygens (including phenoxy) is 1. The van der Waals surface area contributed by atoms with Crippen molar-refractivity contribution >= 4 is 11.6 Å². The summed E-state index contributed by atoms with van der Waals surface area (Å²) < 4.78 is 83.4. The summed E-state index contributed by atoms with van der Waals surface area (Å²) in [4.78, 5) is 18.0. The van der Waals surface area contributed by atoms with Crippen molar-refractivity contribution in [3.8, 4) is 5.75 Å². The molecule has 1 amide bonds. The number of hydrogen-bond donors (Lipinski definition) is 0. The van der Waals surface area contributed by atoms with Gasteiger partial charge >= 0.3 is 12.5 Å². The van der Waals surface area contributed by atoms with Gasteiger partial charge in [-0.1, -0.05) is 30.3 Å². The molecule has 168 valence electrons. The maximum absolute atomic E-state index is 13.5. The van der Waals surface area contributed by atoms with E-state index in [1.165, 1.54) is 48.8 Å². The number of hydrogen-bond acceptors (Lipinski definition) is 3. The number of pyridine rings is 1. The van der Waals surface area contributed by atoms with Gasteiger partial charge in [0.05, 0.1) is 17.8 Å². The highest BCUT2D eigenvalue weighted by atomic mass is 19.4. The van der Waals surface area contributed by atoms with Gasteiger partial charge in [0.1, 0.15) is 0 Å². The molecule has 0 saturated heterocycles. The summed E-state index contributed by atoms with van der Waals surface area (Å²) in [5, 5.41) is 0. The SMILES string of the molecule is Cc1cnccc1C(=O)N(Cc1ccccc1C(F)(F)F)c1ccccc1OC(F)(F)F. The number of halogens is 6. The number of nitrogens with zero attached hydrogens (tertiary/aromatic N) is 2. The van der Waals surface area contributed by atoms with Crippen LogP contribution in [0, 0.1) is 6.92 Å². The van der Waals surface area contributed by atoms with Crippen LogP contribution in [-0.4, -0.2) is 17.3 Å². The third-order valence-corrected chi connectivity index (χ3v) is 4.53. The Balaban J connectivity index is 2.15. The van der Waals surface area contributed by atoms with Gasteiger partial charge in [0.2, 0.25) is 0 Å². The van der Waals surface area contributed by atoms with Crippen LogP contribution in [0.5, 0.6) is 5.75 Å². The van der Waals surface area contributed by atoms with Gasteiger partial charge in [0.15, 0.2) is 5.75 Å². The van der Waals surface area contributed by atoms with Crippen molar-refractivity contribution < 1.29 is 35.9 Å². The lowest BCUT2D eigenvalue weighted by Crippen LogP contribution is -2.33. The second-order valence-electron chi connectivity index (χ2n) is 6.75. The number of para-hydroxylation sites is 2. The van der Waals surface area contributed by atoms with Gasteiger partial charge < -0.3 is 9.64 Å². The fourth-order valence-electron chi connectivity index (χ4n) is 3.12. The van der Waals surface area contributed by atoms with E-state index in [4.69, 9.17) is 0 Å². The van der Waals surface area contributed by atoms with E-state index in [0.29, 0.717) is 5.56 Å². The Kier molecular flexibility index (Phi) is 6.42. The molecule has 0 radical (unpaired) electrons. The maximum atomic E-state index is 13.5. The summed E-state index contributed by atoms with van der Waals surface area (Å²) in [5.74, 6) is -1.52. The molecule has 1 heterocycles. The molecule has 0 atom stereocenters. The fourth-order valence-corrected chi connectivity index (χ4v) is 3.12. The number of alkyl halides is 6. The molecule has 32 heavy (non-hydrogen) atoms. The highest BCUT2D eigenvalue weighted by Gasteiger charge is 2.36. The van der Waals surface area contributed by atoms with Crippen LogP contribution in [0.25, 0.3) is 0 Å². The Hall–Kier alpha value is -3.56. The predicted molar refractivity (Wildman–Crippen MR) is 104 cm³/mol. The van der Waals surface area contributed by atoms with Gasteiger partial charge in [0.25, 0.3) is 5.91 Å². The lowest BCUT2D eigenvalue weighted by Gasteiger charge is -2.27. The largest absolute Gasteiger partial charge is 0.573 e.